The van der Waals surface area contributed by atoms with Crippen molar-refractivity contribution in [1.29, 1.82) is 0 Å². The monoisotopic (exact) mass is 333 g/mol. The number of nitrogens with zero attached hydrogens (tertiary/aromatic N) is 2. The summed E-state index contributed by atoms with van der Waals surface area (Å²) in [6.07, 6.45) is 2.43. The van der Waals surface area contributed by atoms with E-state index in [2.05, 4.69) is 15.3 Å². The van der Waals surface area contributed by atoms with Crippen LogP contribution >= 0.6 is 11.6 Å². The van der Waals surface area contributed by atoms with Crippen LogP contribution in [0.2, 0.25) is 5.15 Å². The fourth-order valence-electron chi connectivity index (χ4n) is 1.86. The second kappa shape index (κ2) is 7.69. The van der Waals surface area contributed by atoms with Gasteiger partial charge >= 0.3 is 5.97 Å². The number of carbonyl (C=O) groups is 2. The Balaban J connectivity index is 2.06. The molecule has 1 atom stereocenters. The number of halogens is 1. The van der Waals surface area contributed by atoms with Crippen LogP contribution in [-0.4, -0.2) is 27.9 Å². The van der Waals surface area contributed by atoms with Crippen LogP contribution in [0.1, 0.15) is 29.3 Å². The smallest absolute Gasteiger partial charge is 0.342 e. The maximum absolute atomic E-state index is 12.2. The summed E-state index contributed by atoms with van der Waals surface area (Å²) in [5, 5.41) is 2.66. The summed E-state index contributed by atoms with van der Waals surface area (Å²) in [5.74, 6) is -0.731. The SMILES string of the molecule is CCC(OC(=O)c1cccnc1Cl)C(=O)Nc1cc(C)ccn1. The summed E-state index contributed by atoms with van der Waals surface area (Å²) in [7, 11) is 0. The van der Waals surface area contributed by atoms with Crippen LogP contribution in [0.15, 0.2) is 36.7 Å². The fraction of sp³-hybridized carbons (Fsp3) is 0.250. The van der Waals surface area contributed by atoms with Crippen LogP contribution in [-0.2, 0) is 9.53 Å². The van der Waals surface area contributed by atoms with Crippen molar-refractivity contribution in [3.8, 4) is 0 Å². The molecule has 0 fully saturated rings. The van der Waals surface area contributed by atoms with E-state index in [1.165, 1.54) is 12.3 Å². The van der Waals surface area contributed by atoms with Crippen molar-refractivity contribution >= 4 is 29.3 Å². The second-order valence-corrected chi connectivity index (χ2v) is 5.21. The lowest BCUT2D eigenvalue weighted by Crippen LogP contribution is -2.32. The fourth-order valence-corrected chi connectivity index (χ4v) is 2.06. The van der Waals surface area contributed by atoms with Crippen LogP contribution in [0.5, 0.6) is 0 Å². The Bertz CT molecular complexity index is 721. The molecular formula is C16H16ClN3O3. The third-order valence-electron chi connectivity index (χ3n) is 3.06. The topological polar surface area (TPSA) is 81.2 Å². The molecule has 2 rings (SSSR count). The summed E-state index contributed by atoms with van der Waals surface area (Å²) in [6.45, 7) is 3.63. The number of carbonyl (C=O) groups excluding carboxylic acids is 2. The summed E-state index contributed by atoms with van der Waals surface area (Å²) >= 11 is 5.85. The molecule has 2 aromatic rings. The predicted octanol–water partition coefficient (Wildman–Crippen LogP) is 3.01. The highest BCUT2D eigenvalue weighted by Crippen LogP contribution is 2.15. The summed E-state index contributed by atoms with van der Waals surface area (Å²) in [6, 6.07) is 6.60. The number of aryl methyl sites for hydroxylation is 1. The molecular weight excluding hydrogens is 318 g/mol. The molecule has 0 radical (unpaired) electrons. The predicted molar refractivity (Wildman–Crippen MR) is 86.3 cm³/mol. The second-order valence-electron chi connectivity index (χ2n) is 4.85. The third kappa shape index (κ3) is 4.50. The van der Waals surface area contributed by atoms with Crippen molar-refractivity contribution in [2.45, 2.75) is 26.4 Å². The van der Waals surface area contributed by atoms with Gasteiger partial charge in [0.25, 0.3) is 5.91 Å². The lowest BCUT2D eigenvalue weighted by atomic mass is 10.2. The van der Waals surface area contributed by atoms with Gasteiger partial charge in [-0.3, -0.25) is 4.79 Å². The van der Waals surface area contributed by atoms with Crippen LogP contribution in [0, 0.1) is 6.92 Å². The molecule has 120 valence electrons. The Morgan fingerprint density at radius 3 is 2.74 bits per heavy atom. The third-order valence-corrected chi connectivity index (χ3v) is 3.36. The largest absolute Gasteiger partial charge is 0.449 e. The van der Waals surface area contributed by atoms with Gasteiger partial charge in [0, 0.05) is 12.4 Å². The molecule has 1 amide bonds. The molecule has 0 saturated carbocycles. The van der Waals surface area contributed by atoms with E-state index >= 15 is 0 Å². The van der Waals surface area contributed by atoms with E-state index in [1.54, 1.807) is 25.3 Å². The molecule has 1 N–H and O–H groups in total. The van der Waals surface area contributed by atoms with Gasteiger partial charge in [-0.15, -0.1) is 0 Å². The Labute approximate surface area is 138 Å². The Kier molecular flexibility index (Phi) is 5.65. The number of aromatic nitrogens is 2. The highest BCUT2D eigenvalue weighted by molar-refractivity contribution is 6.32. The van der Waals surface area contributed by atoms with Crippen molar-refractivity contribution in [3.05, 3.63) is 52.9 Å². The zero-order valence-electron chi connectivity index (χ0n) is 12.7. The van der Waals surface area contributed by atoms with E-state index in [4.69, 9.17) is 16.3 Å². The van der Waals surface area contributed by atoms with Crippen molar-refractivity contribution < 1.29 is 14.3 Å². The number of hydrogen-bond donors (Lipinski definition) is 1. The first kappa shape index (κ1) is 16.9. The van der Waals surface area contributed by atoms with E-state index in [-0.39, 0.29) is 10.7 Å². The highest BCUT2D eigenvalue weighted by atomic mass is 35.5. The van der Waals surface area contributed by atoms with Gasteiger partial charge in [-0.05, 0) is 43.2 Å². The molecule has 2 aromatic heterocycles. The first-order valence-electron chi connectivity index (χ1n) is 7.06. The number of hydrogen-bond acceptors (Lipinski definition) is 5. The average molecular weight is 334 g/mol. The Morgan fingerprint density at radius 1 is 1.30 bits per heavy atom. The quantitative estimate of drug-likeness (QED) is 0.672. The first-order chi connectivity index (χ1) is 11.0. The molecule has 0 aliphatic rings. The molecule has 0 saturated heterocycles. The van der Waals surface area contributed by atoms with Gasteiger partial charge in [0.2, 0.25) is 0 Å². The highest BCUT2D eigenvalue weighted by Gasteiger charge is 2.23. The molecule has 0 aliphatic carbocycles. The summed E-state index contributed by atoms with van der Waals surface area (Å²) in [4.78, 5) is 32.2. The van der Waals surface area contributed by atoms with Gasteiger partial charge in [-0.1, -0.05) is 18.5 Å². The molecule has 0 aliphatic heterocycles. The zero-order valence-corrected chi connectivity index (χ0v) is 13.5. The van der Waals surface area contributed by atoms with Gasteiger partial charge in [0.05, 0.1) is 5.56 Å². The maximum atomic E-state index is 12.2. The number of anilines is 1. The van der Waals surface area contributed by atoms with Crippen molar-refractivity contribution in [1.82, 2.24) is 9.97 Å². The minimum Gasteiger partial charge on any atom is -0.449 e. The van der Waals surface area contributed by atoms with Crippen molar-refractivity contribution in [3.63, 3.8) is 0 Å². The van der Waals surface area contributed by atoms with E-state index in [0.717, 1.165) is 5.56 Å². The van der Waals surface area contributed by atoms with Gasteiger partial charge in [0.15, 0.2) is 6.10 Å². The maximum Gasteiger partial charge on any atom is 0.342 e. The average Bonchev–Trinajstić information content (AvgIpc) is 2.52. The first-order valence-corrected chi connectivity index (χ1v) is 7.44. The molecule has 23 heavy (non-hydrogen) atoms. The number of ether oxygens (including phenoxy) is 1. The van der Waals surface area contributed by atoms with E-state index in [1.807, 2.05) is 13.0 Å². The molecule has 1 unspecified atom stereocenters. The van der Waals surface area contributed by atoms with E-state index in [0.29, 0.717) is 12.2 Å². The van der Waals surface area contributed by atoms with E-state index < -0.39 is 18.0 Å². The van der Waals surface area contributed by atoms with Gasteiger partial charge in [-0.2, -0.15) is 0 Å². The lowest BCUT2D eigenvalue weighted by molar-refractivity contribution is -0.124. The van der Waals surface area contributed by atoms with Gasteiger partial charge in [-0.25, -0.2) is 14.8 Å². The van der Waals surface area contributed by atoms with Crippen LogP contribution in [0.3, 0.4) is 0 Å². The Hall–Kier alpha value is -2.47. The molecule has 0 bridgehead atoms. The zero-order chi connectivity index (χ0) is 16.8. The van der Waals surface area contributed by atoms with E-state index in [9.17, 15) is 9.59 Å². The molecule has 2 heterocycles. The van der Waals surface area contributed by atoms with Crippen LogP contribution in [0.4, 0.5) is 5.82 Å². The van der Waals surface area contributed by atoms with Crippen molar-refractivity contribution in [2.75, 3.05) is 5.32 Å². The van der Waals surface area contributed by atoms with Gasteiger partial charge < -0.3 is 10.1 Å². The van der Waals surface area contributed by atoms with Crippen LogP contribution < -0.4 is 5.32 Å². The van der Waals surface area contributed by atoms with Crippen LogP contribution in [0.25, 0.3) is 0 Å². The van der Waals surface area contributed by atoms with Crippen molar-refractivity contribution in [2.24, 2.45) is 0 Å². The molecule has 0 spiro atoms. The minimum atomic E-state index is -0.943. The molecule has 7 heteroatoms. The number of esters is 1. The van der Waals surface area contributed by atoms with Gasteiger partial charge in [0.1, 0.15) is 11.0 Å². The molecule has 6 nitrogen and oxygen atoms in total. The number of amides is 1. The molecule has 0 aromatic carbocycles. The normalized spacial score (nSPS) is 11.6. The minimum absolute atomic E-state index is 0.0353. The Morgan fingerprint density at radius 2 is 2.09 bits per heavy atom. The number of rotatable bonds is 5. The number of pyridine rings is 2. The summed E-state index contributed by atoms with van der Waals surface area (Å²) < 4.78 is 5.23. The number of nitrogens with one attached hydrogen (secondary N) is 1. The standard InChI is InChI=1S/C16H16ClN3O3/c1-3-12(15(21)20-13-9-10(2)6-8-18-13)23-16(22)11-5-4-7-19-14(11)17/h4-9,12H,3H2,1-2H3,(H,18,20,21). The summed E-state index contributed by atoms with van der Waals surface area (Å²) in [5.41, 5.74) is 1.08. The lowest BCUT2D eigenvalue weighted by Gasteiger charge is -2.16.